The Morgan fingerprint density at radius 2 is 1.91 bits per heavy atom. The highest BCUT2D eigenvalue weighted by atomic mass is 35.5. The van der Waals surface area contributed by atoms with Gasteiger partial charge in [-0.1, -0.05) is 84.9 Å². The molecule has 0 saturated heterocycles. The number of nitrogens with zero attached hydrogens (tertiary/aromatic N) is 1. The van der Waals surface area contributed by atoms with Crippen molar-refractivity contribution in [3.63, 3.8) is 0 Å². The average molecular weight is 487 g/mol. The van der Waals surface area contributed by atoms with Crippen LogP contribution < -0.4 is 5.32 Å². The number of allylic oxidation sites excluding steroid dienone is 2. The molecule has 0 unspecified atom stereocenters. The molecule has 6 heteroatoms. The van der Waals surface area contributed by atoms with Gasteiger partial charge in [0.1, 0.15) is 6.61 Å². The minimum absolute atomic E-state index is 0.0825. The number of fused-ring (bicyclic) bond motifs is 1. The van der Waals surface area contributed by atoms with E-state index < -0.39 is 11.9 Å². The Kier molecular flexibility index (Phi) is 7.42. The minimum atomic E-state index is -0.632. The van der Waals surface area contributed by atoms with Crippen LogP contribution in [0.4, 0.5) is 0 Å². The fourth-order valence-electron chi connectivity index (χ4n) is 4.10. The van der Waals surface area contributed by atoms with Gasteiger partial charge in [-0.05, 0) is 34.9 Å². The molecule has 34 heavy (non-hydrogen) atoms. The van der Waals surface area contributed by atoms with Gasteiger partial charge in [0.25, 0.3) is 0 Å². The topological polar surface area (TPSA) is 62.1 Å². The summed E-state index contributed by atoms with van der Waals surface area (Å²) in [6.07, 6.45) is 1.51. The fraction of sp³-hybridized carbons (Fsp3) is 0.143. The normalized spacial score (nSPS) is 15.6. The van der Waals surface area contributed by atoms with Gasteiger partial charge in [0.05, 0.1) is 28.2 Å². The van der Waals surface area contributed by atoms with Crippen molar-refractivity contribution in [1.82, 2.24) is 5.32 Å². The Balaban J connectivity index is 1.75. The second-order valence-electron chi connectivity index (χ2n) is 7.79. The van der Waals surface area contributed by atoms with Gasteiger partial charge < -0.3 is 10.1 Å². The summed E-state index contributed by atoms with van der Waals surface area (Å²) in [6.45, 7) is 5.51. The molecule has 0 aliphatic carbocycles. The maximum atomic E-state index is 13.0. The third-order valence-electron chi connectivity index (χ3n) is 5.67. The van der Waals surface area contributed by atoms with Crippen LogP contribution >= 0.6 is 23.4 Å². The molecule has 0 fully saturated rings. The number of esters is 1. The summed E-state index contributed by atoms with van der Waals surface area (Å²) >= 11 is 8.08. The van der Waals surface area contributed by atoms with Gasteiger partial charge in [-0.3, -0.25) is 0 Å². The number of nitriles is 1. The van der Waals surface area contributed by atoms with Gasteiger partial charge in [0.15, 0.2) is 0 Å². The van der Waals surface area contributed by atoms with Gasteiger partial charge in [-0.25, -0.2) is 4.79 Å². The zero-order chi connectivity index (χ0) is 24.1. The van der Waals surface area contributed by atoms with Crippen molar-refractivity contribution in [3.05, 3.63) is 117 Å². The summed E-state index contributed by atoms with van der Waals surface area (Å²) in [5, 5.41) is 17.1. The number of carbonyl (C=O) groups is 1. The van der Waals surface area contributed by atoms with Crippen LogP contribution in [0.25, 0.3) is 10.8 Å². The molecule has 3 aromatic carbocycles. The minimum Gasteiger partial charge on any atom is -0.458 e. The van der Waals surface area contributed by atoms with E-state index in [9.17, 15) is 10.1 Å². The molecule has 0 radical (unpaired) electrons. The largest absolute Gasteiger partial charge is 0.458 e. The highest BCUT2D eigenvalue weighted by molar-refractivity contribution is 8.02. The van der Waals surface area contributed by atoms with Crippen molar-refractivity contribution >= 4 is 40.1 Å². The van der Waals surface area contributed by atoms with Crippen LogP contribution in [0.3, 0.4) is 0 Å². The lowest BCUT2D eigenvalue weighted by Crippen LogP contribution is -2.29. The summed E-state index contributed by atoms with van der Waals surface area (Å²) in [6, 6.07) is 24.1. The maximum absolute atomic E-state index is 13.0. The highest BCUT2D eigenvalue weighted by Crippen LogP contribution is 2.43. The molecule has 0 spiro atoms. The second kappa shape index (κ2) is 10.6. The Morgan fingerprint density at radius 1 is 1.18 bits per heavy atom. The van der Waals surface area contributed by atoms with Gasteiger partial charge in [0, 0.05) is 16.5 Å². The SMILES string of the molecule is C=CCOC(=O)C1=C(C)NC(SCc2cccc3ccccc23)=C(C#N)[C@@H]1c1ccccc1Cl. The summed E-state index contributed by atoms with van der Waals surface area (Å²) in [5.41, 5.74) is 3.31. The lowest BCUT2D eigenvalue weighted by Gasteiger charge is -2.29. The number of dihydropyridines is 1. The van der Waals surface area contributed by atoms with Crippen LogP contribution in [0.1, 0.15) is 24.0 Å². The van der Waals surface area contributed by atoms with Gasteiger partial charge in [-0.15, -0.1) is 11.8 Å². The molecule has 1 aliphatic heterocycles. The van der Waals surface area contributed by atoms with E-state index in [2.05, 4.69) is 42.2 Å². The van der Waals surface area contributed by atoms with E-state index in [0.717, 1.165) is 0 Å². The number of carbonyl (C=O) groups excluding carboxylic acids is 1. The molecule has 4 nitrogen and oxygen atoms in total. The molecule has 170 valence electrons. The molecular formula is C28H23ClN2O2S. The summed E-state index contributed by atoms with van der Waals surface area (Å²) in [4.78, 5) is 13.0. The first kappa shape index (κ1) is 23.7. The zero-order valence-corrected chi connectivity index (χ0v) is 20.2. The fourth-order valence-corrected chi connectivity index (χ4v) is 5.44. The lowest BCUT2D eigenvalue weighted by molar-refractivity contribution is -0.138. The van der Waals surface area contributed by atoms with Crippen molar-refractivity contribution in [2.24, 2.45) is 0 Å². The van der Waals surface area contributed by atoms with Crippen LogP contribution in [-0.4, -0.2) is 12.6 Å². The Labute approximate surface area is 208 Å². The van der Waals surface area contributed by atoms with E-state index in [-0.39, 0.29) is 6.61 Å². The molecule has 0 amide bonds. The van der Waals surface area contributed by atoms with Crippen molar-refractivity contribution in [2.75, 3.05) is 6.61 Å². The average Bonchev–Trinajstić information content (AvgIpc) is 2.85. The summed E-state index contributed by atoms with van der Waals surface area (Å²) in [5.74, 6) is -0.471. The molecule has 1 heterocycles. The third-order valence-corrected chi connectivity index (χ3v) is 7.08. The third kappa shape index (κ3) is 4.75. The van der Waals surface area contributed by atoms with Gasteiger partial charge in [0.2, 0.25) is 0 Å². The zero-order valence-electron chi connectivity index (χ0n) is 18.7. The number of halogens is 1. The van der Waals surface area contributed by atoms with E-state index in [1.807, 2.05) is 43.3 Å². The predicted octanol–water partition coefficient (Wildman–Crippen LogP) is 6.85. The van der Waals surface area contributed by atoms with E-state index in [0.29, 0.717) is 38.2 Å². The molecule has 1 N–H and O–H groups in total. The van der Waals surface area contributed by atoms with Crippen molar-refractivity contribution < 1.29 is 9.53 Å². The van der Waals surface area contributed by atoms with Crippen LogP contribution in [0.15, 0.2) is 101 Å². The van der Waals surface area contributed by atoms with Crippen LogP contribution in [0.2, 0.25) is 5.02 Å². The molecule has 1 atom stereocenters. The Morgan fingerprint density at radius 3 is 2.68 bits per heavy atom. The number of nitrogens with one attached hydrogen (secondary N) is 1. The van der Waals surface area contributed by atoms with E-state index >= 15 is 0 Å². The van der Waals surface area contributed by atoms with E-state index in [1.54, 1.807) is 6.07 Å². The van der Waals surface area contributed by atoms with Crippen molar-refractivity contribution in [3.8, 4) is 6.07 Å². The molecule has 3 aromatic rings. The molecule has 0 saturated carbocycles. The molecule has 1 aliphatic rings. The van der Waals surface area contributed by atoms with Gasteiger partial charge >= 0.3 is 5.97 Å². The summed E-state index contributed by atoms with van der Waals surface area (Å²) in [7, 11) is 0. The van der Waals surface area contributed by atoms with Crippen LogP contribution in [0.5, 0.6) is 0 Å². The number of benzene rings is 3. The molecule has 0 aromatic heterocycles. The van der Waals surface area contributed by atoms with Crippen LogP contribution in [0, 0.1) is 11.3 Å². The standard InChI is InChI=1S/C28H23ClN2O2S/c1-3-15-33-28(32)25-18(2)31-27(23(16-30)26(25)22-13-6-7-14-24(22)29)34-17-20-11-8-10-19-9-4-5-12-21(19)20/h3-14,26,31H,1,15,17H2,2H3/t26-/m0/s1. The number of hydrogen-bond acceptors (Lipinski definition) is 5. The number of ether oxygens (including phenoxy) is 1. The number of hydrogen-bond donors (Lipinski definition) is 1. The lowest BCUT2D eigenvalue weighted by atomic mass is 9.82. The molecule has 4 rings (SSSR count). The molecule has 0 bridgehead atoms. The van der Waals surface area contributed by atoms with Crippen molar-refractivity contribution in [1.29, 1.82) is 5.26 Å². The number of rotatable bonds is 7. The first-order chi connectivity index (χ1) is 16.5. The summed E-state index contributed by atoms with van der Waals surface area (Å²) < 4.78 is 5.36. The first-order valence-corrected chi connectivity index (χ1v) is 12.2. The quantitative estimate of drug-likeness (QED) is 0.292. The Bertz CT molecular complexity index is 1360. The first-order valence-electron chi connectivity index (χ1n) is 10.8. The van der Waals surface area contributed by atoms with Crippen molar-refractivity contribution in [2.45, 2.75) is 18.6 Å². The highest BCUT2D eigenvalue weighted by Gasteiger charge is 2.36. The maximum Gasteiger partial charge on any atom is 0.337 e. The smallest absolute Gasteiger partial charge is 0.337 e. The van der Waals surface area contributed by atoms with Crippen LogP contribution in [-0.2, 0) is 15.3 Å². The van der Waals surface area contributed by atoms with E-state index in [1.165, 1.54) is 34.2 Å². The Hall–Kier alpha value is -3.46. The number of thioether (sulfide) groups is 1. The van der Waals surface area contributed by atoms with Gasteiger partial charge in [-0.2, -0.15) is 5.26 Å². The monoisotopic (exact) mass is 486 g/mol. The second-order valence-corrected chi connectivity index (χ2v) is 9.18. The molecular weight excluding hydrogens is 464 g/mol. The van der Waals surface area contributed by atoms with E-state index in [4.69, 9.17) is 16.3 Å². The predicted molar refractivity (Wildman–Crippen MR) is 139 cm³/mol.